The first kappa shape index (κ1) is 29.1. The second kappa shape index (κ2) is 11.7. The number of aliphatic hydroxyl groups is 1. The number of aliphatic hydroxyl groups excluding tert-OH is 1. The van der Waals surface area contributed by atoms with Gasteiger partial charge in [-0.25, -0.2) is 13.4 Å². The van der Waals surface area contributed by atoms with Crippen LogP contribution in [-0.2, 0) is 21.2 Å². The normalized spacial score (nSPS) is 12.2. The number of ketones is 1. The van der Waals surface area contributed by atoms with Gasteiger partial charge in [0.2, 0.25) is 0 Å². The number of benzene rings is 2. The number of sulfonamides is 1. The van der Waals surface area contributed by atoms with Crippen LogP contribution >= 0.6 is 23.2 Å². The van der Waals surface area contributed by atoms with E-state index in [1.54, 1.807) is 18.3 Å². The Morgan fingerprint density at radius 2 is 1.74 bits per heavy atom. The molecule has 2 aromatic heterocycles. The van der Waals surface area contributed by atoms with Gasteiger partial charge in [-0.15, -0.1) is 0 Å². The highest BCUT2D eigenvalue weighted by atomic mass is 35.5. The molecule has 0 aliphatic carbocycles. The summed E-state index contributed by atoms with van der Waals surface area (Å²) in [6.45, 7) is 5.59. The van der Waals surface area contributed by atoms with E-state index < -0.39 is 10.0 Å². The molecular weight excluding hydrogens is 557 g/mol. The number of fused-ring (bicyclic) bond motifs is 1. The number of carbonyl (C=O) groups is 1. The Bertz CT molecular complexity index is 1590. The van der Waals surface area contributed by atoms with Crippen molar-refractivity contribution in [1.82, 2.24) is 9.55 Å². The van der Waals surface area contributed by atoms with Crippen LogP contribution in [0.3, 0.4) is 0 Å². The highest BCUT2D eigenvalue weighted by Crippen LogP contribution is 2.32. The average molecular weight is 589 g/mol. The van der Waals surface area contributed by atoms with Crippen molar-refractivity contribution >= 4 is 55.6 Å². The number of hydrogen-bond acceptors (Lipinski definition) is 5. The molecule has 0 unspecified atom stereocenters. The Hall–Kier alpha value is -2.91. The number of carbonyl (C=O) groups excluding carboxylic acids is 1. The lowest BCUT2D eigenvalue weighted by Gasteiger charge is -2.26. The van der Waals surface area contributed by atoms with Gasteiger partial charge in [-0.2, -0.15) is 0 Å². The average Bonchev–Trinajstić information content (AvgIpc) is 3.28. The number of Topliss-reactive ketones (excluding diaryl/α,β-unsaturated/α-hetero) is 1. The lowest BCUT2D eigenvalue weighted by atomic mass is 9.90. The van der Waals surface area contributed by atoms with Crippen molar-refractivity contribution in [3.8, 4) is 5.82 Å². The van der Waals surface area contributed by atoms with Gasteiger partial charge in [0.15, 0.2) is 5.78 Å². The number of aromatic nitrogens is 2. The molecule has 4 rings (SSSR count). The van der Waals surface area contributed by atoms with Crippen LogP contribution in [0.2, 0.25) is 10.0 Å². The topological polar surface area (TPSA) is 92.5 Å². The minimum Gasteiger partial charge on any atom is -0.396 e. The Balaban J connectivity index is 1.77. The zero-order valence-corrected chi connectivity index (χ0v) is 24.4. The Morgan fingerprint density at radius 3 is 2.41 bits per heavy atom. The number of halogens is 2. The van der Waals surface area contributed by atoms with E-state index in [1.165, 1.54) is 18.2 Å². The van der Waals surface area contributed by atoms with Crippen molar-refractivity contribution in [2.45, 2.75) is 44.9 Å². The molecule has 2 aromatic carbocycles. The number of pyridine rings is 1. The van der Waals surface area contributed by atoms with Gasteiger partial charge in [0.1, 0.15) is 5.82 Å². The highest BCUT2D eigenvalue weighted by molar-refractivity contribution is 7.92. The van der Waals surface area contributed by atoms with Gasteiger partial charge in [0.25, 0.3) is 10.0 Å². The third-order valence-corrected chi connectivity index (χ3v) is 8.30. The van der Waals surface area contributed by atoms with E-state index in [0.717, 1.165) is 27.2 Å². The summed E-state index contributed by atoms with van der Waals surface area (Å²) in [4.78, 5) is 17.4. The first-order chi connectivity index (χ1) is 18.4. The molecule has 0 bridgehead atoms. The van der Waals surface area contributed by atoms with Crippen molar-refractivity contribution < 1.29 is 18.3 Å². The maximum absolute atomic E-state index is 13.8. The quantitative estimate of drug-likeness (QED) is 0.230. The first-order valence-electron chi connectivity index (χ1n) is 12.6. The van der Waals surface area contributed by atoms with Crippen LogP contribution in [0, 0.1) is 5.41 Å². The Labute approximate surface area is 239 Å². The minimum atomic E-state index is -4.17. The van der Waals surface area contributed by atoms with E-state index in [1.807, 2.05) is 55.8 Å². The molecule has 0 radical (unpaired) electrons. The van der Waals surface area contributed by atoms with Crippen LogP contribution in [-0.4, -0.2) is 42.0 Å². The SMILES string of the molecule is CC(C)(C)CC(=O)CN(c1ccc2c(ccn2-c2cc(CCCO)ccn2)c1)S(=O)(=O)c1cc(Cl)cc(Cl)c1. The van der Waals surface area contributed by atoms with Crippen molar-refractivity contribution in [1.29, 1.82) is 0 Å². The highest BCUT2D eigenvalue weighted by Gasteiger charge is 2.29. The number of hydrogen-bond donors (Lipinski definition) is 1. The van der Waals surface area contributed by atoms with E-state index in [-0.39, 0.29) is 45.7 Å². The predicted octanol–water partition coefficient (Wildman–Crippen LogP) is 6.46. The largest absolute Gasteiger partial charge is 0.396 e. The van der Waals surface area contributed by atoms with E-state index in [9.17, 15) is 13.2 Å². The van der Waals surface area contributed by atoms with Crippen molar-refractivity contribution in [2.75, 3.05) is 17.5 Å². The molecular formula is C29H31Cl2N3O4S. The second-order valence-corrected chi connectivity index (χ2v) is 13.4. The van der Waals surface area contributed by atoms with Crippen LogP contribution < -0.4 is 4.31 Å². The van der Waals surface area contributed by atoms with Crippen LogP contribution in [0.25, 0.3) is 16.7 Å². The summed E-state index contributed by atoms with van der Waals surface area (Å²) in [5, 5.41) is 10.3. The molecule has 0 fully saturated rings. The van der Waals surface area contributed by atoms with Gasteiger partial charge >= 0.3 is 0 Å². The molecule has 39 heavy (non-hydrogen) atoms. The lowest BCUT2D eigenvalue weighted by Crippen LogP contribution is -2.37. The molecule has 2 heterocycles. The monoisotopic (exact) mass is 587 g/mol. The molecule has 7 nitrogen and oxygen atoms in total. The third-order valence-electron chi connectivity index (χ3n) is 6.11. The van der Waals surface area contributed by atoms with Crippen LogP contribution in [0.5, 0.6) is 0 Å². The van der Waals surface area contributed by atoms with Gasteiger partial charge in [0, 0.05) is 40.9 Å². The number of rotatable bonds is 10. The standard InChI is InChI=1S/C29H31Cl2N3O4S/c1-29(2,3)18-25(36)19-34(39(37,38)26-16-22(30)15-23(31)17-26)24-6-7-27-21(14-24)9-11-33(27)28-13-20(5-4-12-35)8-10-32-28/h6-11,13-17,35H,4-5,12,18-19H2,1-3H3. The number of anilines is 1. The molecule has 1 N–H and O–H groups in total. The van der Waals surface area contributed by atoms with Gasteiger partial charge in [-0.1, -0.05) is 44.0 Å². The minimum absolute atomic E-state index is 0.0925. The van der Waals surface area contributed by atoms with Gasteiger partial charge in [-0.3, -0.25) is 9.10 Å². The van der Waals surface area contributed by atoms with Crippen molar-refractivity contribution in [2.24, 2.45) is 5.41 Å². The molecule has 10 heteroatoms. The first-order valence-corrected chi connectivity index (χ1v) is 14.7. The maximum atomic E-state index is 13.8. The summed E-state index contributed by atoms with van der Waals surface area (Å²) in [6, 6.07) is 15.1. The summed E-state index contributed by atoms with van der Waals surface area (Å²) in [5.74, 6) is 0.507. The van der Waals surface area contributed by atoms with E-state index in [0.29, 0.717) is 17.9 Å². The summed E-state index contributed by atoms with van der Waals surface area (Å²) < 4.78 is 30.7. The predicted molar refractivity (Wildman–Crippen MR) is 157 cm³/mol. The second-order valence-electron chi connectivity index (χ2n) is 10.7. The molecule has 0 spiro atoms. The molecule has 4 aromatic rings. The van der Waals surface area contributed by atoms with Crippen molar-refractivity contribution in [3.63, 3.8) is 0 Å². The molecule has 0 atom stereocenters. The number of nitrogens with zero attached hydrogens (tertiary/aromatic N) is 3. The molecule has 206 valence electrons. The summed E-state index contributed by atoms with van der Waals surface area (Å²) in [6.07, 6.45) is 5.21. The molecule has 0 aliphatic heterocycles. The van der Waals surface area contributed by atoms with E-state index in [2.05, 4.69) is 4.98 Å². The zero-order chi connectivity index (χ0) is 28.4. The summed E-state index contributed by atoms with van der Waals surface area (Å²) >= 11 is 12.2. The van der Waals surface area contributed by atoms with Gasteiger partial charge in [-0.05, 0) is 78.4 Å². The van der Waals surface area contributed by atoms with Crippen LogP contribution in [0.1, 0.15) is 39.2 Å². The third kappa shape index (κ3) is 7.00. The lowest BCUT2D eigenvalue weighted by molar-refractivity contribution is -0.119. The fraction of sp³-hybridized carbons (Fsp3) is 0.310. The fourth-order valence-corrected chi connectivity index (χ4v) is 6.61. The van der Waals surface area contributed by atoms with Gasteiger partial charge < -0.3 is 9.67 Å². The molecule has 0 saturated carbocycles. The molecule has 0 amide bonds. The summed E-state index contributed by atoms with van der Waals surface area (Å²) in [7, 11) is -4.17. The Kier molecular flexibility index (Phi) is 8.71. The smallest absolute Gasteiger partial charge is 0.264 e. The molecule has 0 aliphatic rings. The van der Waals surface area contributed by atoms with Crippen molar-refractivity contribution in [3.05, 3.63) is 82.6 Å². The zero-order valence-electron chi connectivity index (χ0n) is 22.1. The van der Waals surface area contributed by atoms with E-state index in [4.69, 9.17) is 28.3 Å². The fourth-order valence-electron chi connectivity index (χ4n) is 4.44. The van der Waals surface area contributed by atoms with Crippen LogP contribution in [0.15, 0.2) is 71.9 Å². The number of aryl methyl sites for hydroxylation is 1. The van der Waals surface area contributed by atoms with Gasteiger partial charge in [0.05, 0.1) is 22.6 Å². The van der Waals surface area contributed by atoms with E-state index >= 15 is 0 Å². The molecule has 0 saturated heterocycles. The Morgan fingerprint density at radius 1 is 1.03 bits per heavy atom. The summed E-state index contributed by atoms with van der Waals surface area (Å²) in [5.41, 5.74) is 1.94. The maximum Gasteiger partial charge on any atom is 0.264 e. The van der Waals surface area contributed by atoms with Crippen LogP contribution in [0.4, 0.5) is 5.69 Å².